The lowest BCUT2D eigenvalue weighted by Gasteiger charge is -2.01. The molecule has 4 nitrogen and oxygen atoms in total. The molecule has 2 aromatic carbocycles. The molecule has 0 radical (unpaired) electrons. The third kappa shape index (κ3) is 3.14. The highest BCUT2D eigenvalue weighted by Gasteiger charge is 2.01. The molecular weight excluding hydrogens is 269 g/mol. The van der Waals surface area contributed by atoms with Gasteiger partial charge < -0.3 is 5.32 Å². The van der Waals surface area contributed by atoms with Gasteiger partial charge in [-0.3, -0.25) is 9.89 Å². The van der Waals surface area contributed by atoms with Crippen molar-refractivity contribution in [3.8, 4) is 0 Å². The van der Waals surface area contributed by atoms with E-state index in [1.165, 1.54) is 18.2 Å². The molecule has 0 bridgehead atoms. The summed E-state index contributed by atoms with van der Waals surface area (Å²) < 4.78 is 13.0. The number of halogens is 1. The number of benzene rings is 2. The van der Waals surface area contributed by atoms with E-state index in [2.05, 4.69) is 15.5 Å². The number of aromatic nitrogens is 2. The van der Waals surface area contributed by atoms with Crippen molar-refractivity contribution >= 4 is 28.6 Å². The predicted octanol–water partition coefficient (Wildman–Crippen LogP) is 3.35. The van der Waals surface area contributed by atoms with Gasteiger partial charge in [0.05, 0.1) is 11.7 Å². The zero-order valence-corrected chi connectivity index (χ0v) is 11.0. The molecule has 104 valence electrons. The zero-order valence-electron chi connectivity index (χ0n) is 11.0. The first-order valence-corrected chi connectivity index (χ1v) is 6.38. The van der Waals surface area contributed by atoms with Crippen molar-refractivity contribution in [3.63, 3.8) is 0 Å². The largest absolute Gasteiger partial charge is 0.322 e. The average molecular weight is 281 g/mol. The fraction of sp³-hybridized carbons (Fsp3) is 0. The van der Waals surface area contributed by atoms with Crippen LogP contribution in [0, 0.1) is 5.82 Å². The summed E-state index contributed by atoms with van der Waals surface area (Å²) in [7, 11) is 0. The summed E-state index contributed by atoms with van der Waals surface area (Å²) in [6.07, 6.45) is 4.64. The summed E-state index contributed by atoms with van der Waals surface area (Å²) in [5.74, 6) is -0.611. The molecule has 1 heterocycles. The van der Waals surface area contributed by atoms with Gasteiger partial charge >= 0.3 is 0 Å². The van der Waals surface area contributed by atoms with Crippen LogP contribution >= 0.6 is 0 Å². The van der Waals surface area contributed by atoms with Crippen LogP contribution in [0.5, 0.6) is 0 Å². The van der Waals surface area contributed by atoms with Gasteiger partial charge in [-0.05, 0) is 42.0 Å². The molecule has 0 aliphatic heterocycles. The van der Waals surface area contributed by atoms with E-state index < -0.39 is 0 Å². The molecule has 3 aromatic rings. The fourth-order valence-corrected chi connectivity index (χ4v) is 1.98. The van der Waals surface area contributed by atoms with E-state index in [4.69, 9.17) is 0 Å². The summed E-state index contributed by atoms with van der Waals surface area (Å²) in [4.78, 5) is 11.8. The number of amides is 1. The highest BCUT2D eigenvalue weighted by Crippen LogP contribution is 2.16. The van der Waals surface area contributed by atoms with Crippen LogP contribution < -0.4 is 5.32 Å². The van der Waals surface area contributed by atoms with Crippen LogP contribution in [-0.4, -0.2) is 16.1 Å². The number of hydrogen-bond donors (Lipinski definition) is 2. The average Bonchev–Trinajstić information content (AvgIpc) is 2.93. The van der Waals surface area contributed by atoms with Gasteiger partial charge in [0.15, 0.2) is 0 Å². The second kappa shape index (κ2) is 5.58. The Balaban J connectivity index is 1.71. The Hall–Kier alpha value is -2.95. The first kappa shape index (κ1) is 13.1. The molecule has 2 N–H and O–H groups in total. The standard InChI is InChI=1S/C16H12FN3O/c17-13-3-1-2-11(8-13)4-7-16(21)19-14-6-5-12-10-18-20-15(12)9-14/h1-10H,(H,18,20)(H,19,21)/b7-4+. The van der Waals surface area contributed by atoms with Gasteiger partial charge in [0.2, 0.25) is 5.91 Å². The van der Waals surface area contributed by atoms with Crippen LogP contribution in [0.1, 0.15) is 5.56 Å². The lowest BCUT2D eigenvalue weighted by atomic mass is 10.2. The molecule has 1 amide bonds. The van der Waals surface area contributed by atoms with Crippen molar-refractivity contribution in [3.05, 3.63) is 66.1 Å². The molecule has 0 atom stereocenters. The van der Waals surface area contributed by atoms with Gasteiger partial charge in [-0.25, -0.2) is 4.39 Å². The normalized spacial score (nSPS) is 11.1. The summed E-state index contributed by atoms with van der Waals surface area (Å²) in [5.41, 5.74) is 2.15. The topological polar surface area (TPSA) is 57.8 Å². The number of aromatic amines is 1. The van der Waals surface area contributed by atoms with Gasteiger partial charge in [0, 0.05) is 17.1 Å². The fourth-order valence-electron chi connectivity index (χ4n) is 1.98. The molecule has 0 aliphatic carbocycles. The molecule has 0 aliphatic rings. The first-order chi connectivity index (χ1) is 10.2. The number of carbonyl (C=O) groups is 1. The van der Waals surface area contributed by atoms with Crippen molar-refractivity contribution in [1.82, 2.24) is 10.2 Å². The Morgan fingerprint density at radius 3 is 3.00 bits per heavy atom. The van der Waals surface area contributed by atoms with E-state index >= 15 is 0 Å². The van der Waals surface area contributed by atoms with Crippen LogP contribution in [0.3, 0.4) is 0 Å². The Morgan fingerprint density at radius 1 is 1.24 bits per heavy atom. The quantitative estimate of drug-likeness (QED) is 0.723. The Bertz CT molecular complexity index is 823. The van der Waals surface area contributed by atoms with Crippen LogP contribution in [0.25, 0.3) is 17.0 Å². The summed E-state index contributed by atoms with van der Waals surface area (Å²) >= 11 is 0. The van der Waals surface area contributed by atoms with Crippen molar-refractivity contribution < 1.29 is 9.18 Å². The Labute approximate surface area is 120 Å². The number of carbonyl (C=O) groups excluding carboxylic acids is 1. The summed E-state index contributed by atoms with van der Waals surface area (Å²) in [5, 5.41) is 10.5. The van der Waals surface area contributed by atoms with Crippen LogP contribution in [0.15, 0.2) is 54.7 Å². The maximum atomic E-state index is 13.0. The minimum absolute atomic E-state index is 0.280. The van der Waals surface area contributed by atoms with E-state index in [9.17, 15) is 9.18 Å². The van der Waals surface area contributed by atoms with Crippen molar-refractivity contribution in [2.45, 2.75) is 0 Å². The highest BCUT2D eigenvalue weighted by atomic mass is 19.1. The molecule has 0 fully saturated rings. The number of anilines is 1. The number of H-pyrrole nitrogens is 1. The minimum atomic E-state index is -0.331. The number of nitrogens with one attached hydrogen (secondary N) is 2. The van der Waals surface area contributed by atoms with Gasteiger partial charge in [-0.1, -0.05) is 12.1 Å². The minimum Gasteiger partial charge on any atom is -0.322 e. The van der Waals surface area contributed by atoms with E-state index in [1.807, 2.05) is 6.07 Å². The number of rotatable bonds is 3. The van der Waals surface area contributed by atoms with E-state index in [1.54, 1.807) is 36.5 Å². The molecule has 0 unspecified atom stereocenters. The van der Waals surface area contributed by atoms with E-state index in [0.717, 1.165) is 10.9 Å². The molecule has 1 aromatic heterocycles. The van der Waals surface area contributed by atoms with Crippen molar-refractivity contribution in [2.24, 2.45) is 0 Å². The smallest absolute Gasteiger partial charge is 0.248 e. The van der Waals surface area contributed by atoms with Crippen molar-refractivity contribution in [1.29, 1.82) is 0 Å². The van der Waals surface area contributed by atoms with Crippen LogP contribution in [0.4, 0.5) is 10.1 Å². The van der Waals surface area contributed by atoms with E-state index in [-0.39, 0.29) is 11.7 Å². The third-order valence-corrected chi connectivity index (χ3v) is 2.99. The molecule has 21 heavy (non-hydrogen) atoms. The summed E-state index contributed by atoms with van der Waals surface area (Å²) in [6.45, 7) is 0. The SMILES string of the molecule is O=C(/C=C/c1cccc(F)c1)Nc1ccc2cn[nH]c2c1. The molecular formula is C16H12FN3O. The Kier molecular flexibility index (Phi) is 3.47. The number of nitrogens with zero attached hydrogens (tertiary/aromatic N) is 1. The molecule has 0 saturated heterocycles. The summed E-state index contributed by atoms with van der Waals surface area (Å²) in [6, 6.07) is 11.5. The zero-order chi connectivity index (χ0) is 14.7. The third-order valence-electron chi connectivity index (χ3n) is 2.99. The maximum absolute atomic E-state index is 13.0. The van der Waals surface area contributed by atoms with Gasteiger partial charge in [0.25, 0.3) is 0 Å². The van der Waals surface area contributed by atoms with Gasteiger partial charge in [-0.15, -0.1) is 0 Å². The Morgan fingerprint density at radius 2 is 2.14 bits per heavy atom. The van der Waals surface area contributed by atoms with Crippen LogP contribution in [-0.2, 0) is 4.79 Å². The number of fused-ring (bicyclic) bond motifs is 1. The second-order valence-electron chi connectivity index (χ2n) is 4.55. The molecule has 3 rings (SSSR count). The first-order valence-electron chi connectivity index (χ1n) is 6.38. The number of hydrogen-bond acceptors (Lipinski definition) is 2. The highest BCUT2D eigenvalue weighted by molar-refractivity contribution is 6.02. The monoisotopic (exact) mass is 281 g/mol. The van der Waals surface area contributed by atoms with Crippen LogP contribution in [0.2, 0.25) is 0 Å². The molecule has 0 spiro atoms. The lowest BCUT2D eigenvalue weighted by molar-refractivity contribution is -0.111. The molecule has 5 heteroatoms. The molecule has 0 saturated carbocycles. The lowest BCUT2D eigenvalue weighted by Crippen LogP contribution is -2.07. The van der Waals surface area contributed by atoms with Gasteiger partial charge in [0.1, 0.15) is 5.82 Å². The van der Waals surface area contributed by atoms with Crippen molar-refractivity contribution in [2.75, 3.05) is 5.32 Å². The van der Waals surface area contributed by atoms with E-state index in [0.29, 0.717) is 11.3 Å². The van der Waals surface area contributed by atoms with Gasteiger partial charge in [-0.2, -0.15) is 5.10 Å². The predicted molar refractivity (Wildman–Crippen MR) is 80.2 cm³/mol. The maximum Gasteiger partial charge on any atom is 0.248 e. The second-order valence-corrected chi connectivity index (χ2v) is 4.55.